The number of fused-ring (bicyclic) bond motifs is 1. The average molecular weight is 1480 g/mol. The van der Waals surface area contributed by atoms with Crippen LogP contribution in [0.2, 0.25) is 0 Å². The second kappa shape index (κ2) is 35.8. The Labute approximate surface area is 677 Å². The van der Waals surface area contributed by atoms with Gasteiger partial charge in [0.05, 0.1) is 0 Å². The van der Waals surface area contributed by atoms with E-state index in [1.165, 1.54) is 72.1 Å². The molecule has 0 radical (unpaired) electrons. The lowest BCUT2D eigenvalue weighted by molar-refractivity contribution is 1.20. The second-order valence-electron chi connectivity index (χ2n) is 28.3. The minimum atomic E-state index is 1.11. The van der Waals surface area contributed by atoms with Crippen LogP contribution < -0.4 is 29.4 Å². The van der Waals surface area contributed by atoms with Crippen molar-refractivity contribution in [1.82, 2.24) is 0 Å². The minimum absolute atomic E-state index is 1.11. The first-order chi connectivity index (χ1) is 56.8. The Bertz CT molecular complexity index is 6050. The molecule has 0 aliphatic rings. The van der Waals surface area contributed by atoms with Gasteiger partial charge >= 0.3 is 0 Å². The van der Waals surface area contributed by atoms with Crippen molar-refractivity contribution in [3.05, 3.63) is 479 Å². The van der Waals surface area contributed by atoms with Gasteiger partial charge in [-0.25, -0.2) is 0 Å². The van der Waals surface area contributed by atoms with Gasteiger partial charge in [-0.15, -0.1) is 0 Å². The Morgan fingerprint density at radius 1 is 0.113 bits per heavy atom. The fourth-order valence-electron chi connectivity index (χ4n) is 14.7. The molecule has 0 aliphatic heterocycles. The topological polar surface area (TPSA) is 19.4 Å². The summed E-state index contributed by atoms with van der Waals surface area (Å²) in [4.78, 5) is 13.6. The SMILES string of the molecule is CN(c1ccc(-c2ccccc2)cc1)c1ccc(N(c2ccccc2)c2ccc(-c3ccccc3)cc2)cc1.CN(c1ccc(N(c2ccccc2)c2ccc(-c3ccccc3)cc2)cc1)c1ccc2ccccc2c1.CN(c1ccc(N(c2ccccc2)c2ccc(-c3ccccc3)cc2)cc1)c1cccc(-c2ccccc2)c1. The van der Waals surface area contributed by atoms with Gasteiger partial charge in [0, 0.05) is 106 Å². The molecule has 0 atom stereocenters. The highest BCUT2D eigenvalue weighted by Crippen LogP contribution is 2.42. The lowest BCUT2D eigenvalue weighted by atomic mass is 10.0. The maximum absolute atomic E-state index is 2.30. The predicted octanol–water partition coefficient (Wildman–Crippen LogP) is 30.3. The van der Waals surface area contributed by atoms with Crippen molar-refractivity contribution in [2.24, 2.45) is 0 Å². The monoisotopic (exact) mass is 1480 g/mol. The minimum Gasteiger partial charge on any atom is -0.345 e. The van der Waals surface area contributed by atoms with Crippen LogP contribution in [-0.4, -0.2) is 21.1 Å². The molecule has 6 nitrogen and oxygen atoms in total. The van der Waals surface area contributed by atoms with E-state index in [2.05, 4.69) is 524 Å². The summed E-state index contributed by atoms with van der Waals surface area (Å²) in [6, 6.07) is 169. The van der Waals surface area contributed by atoms with E-state index < -0.39 is 0 Å². The van der Waals surface area contributed by atoms with E-state index >= 15 is 0 Å². The predicted molar refractivity (Wildman–Crippen MR) is 492 cm³/mol. The van der Waals surface area contributed by atoms with E-state index in [0.29, 0.717) is 0 Å². The highest BCUT2D eigenvalue weighted by atomic mass is 15.2. The number of hydrogen-bond donors (Lipinski definition) is 0. The number of rotatable bonds is 20. The fourth-order valence-corrected chi connectivity index (χ4v) is 14.7. The molecule has 18 aromatic rings. The molecule has 0 aromatic heterocycles. The smallest absolute Gasteiger partial charge is 0.0463 e. The zero-order valence-corrected chi connectivity index (χ0v) is 64.8. The van der Waals surface area contributed by atoms with Crippen molar-refractivity contribution < 1.29 is 0 Å². The first kappa shape index (κ1) is 74.1. The van der Waals surface area contributed by atoms with Gasteiger partial charge in [-0.1, -0.05) is 297 Å². The molecule has 0 bridgehead atoms. The summed E-state index contributed by atoms with van der Waals surface area (Å²) in [5, 5.41) is 2.50. The molecule has 6 heteroatoms. The molecule has 18 rings (SSSR count). The van der Waals surface area contributed by atoms with Crippen LogP contribution in [0, 0.1) is 0 Å². The van der Waals surface area contributed by atoms with Crippen LogP contribution in [0.5, 0.6) is 0 Å². The molecule has 115 heavy (non-hydrogen) atoms. The van der Waals surface area contributed by atoms with Crippen molar-refractivity contribution in [2.45, 2.75) is 0 Å². The van der Waals surface area contributed by atoms with Gasteiger partial charge in [0.2, 0.25) is 0 Å². The van der Waals surface area contributed by atoms with Gasteiger partial charge in [-0.05, 0) is 248 Å². The Morgan fingerprint density at radius 2 is 0.287 bits per heavy atom. The fraction of sp³-hybridized carbons (Fsp3) is 0.0275. The van der Waals surface area contributed by atoms with Crippen LogP contribution in [0.3, 0.4) is 0 Å². The summed E-state index contributed by atoms with van der Waals surface area (Å²) in [6.45, 7) is 0. The van der Waals surface area contributed by atoms with Crippen LogP contribution in [0.15, 0.2) is 479 Å². The highest BCUT2D eigenvalue weighted by Gasteiger charge is 2.19. The van der Waals surface area contributed by atoms with E-state index in [1.54, 1.807) is 0 Å². The largest absolute Gasteiger partial charge is 0.345 e. The van der Waals surface area contributed by atoms with Gasteiger partial charge in [0.25, 0.3) is 0 Å². The quantitative estimate of drug-likeness (QED) is 0.0752. The molecule has 0 aliphatic carbocycles. The molecule has 18 aromatic carbocycles. The van der Waals surface area contributed by atoms with Gasteiger partial charge in [0.15, 0.2) is 0 Å². The zero-order valence-electron chi connectivity index (χ0n) is 64.8. The number of nitrogens with zero attached hydrogens (tertiary/aromatic N) is 6. The van der Waals surface area contributed by atoms with E-state index in [4.69, 9.17) is 0 Å². The van der Waals surface area contributed by atoms with Gasteiger partial charge in [0.1, 0.15) is 0 Å². The molecular formula is C109H88N6. The molecule has 0 unspecified atom stereocenters. The van der Waals surface area contributed by atoms with Crippen LogP contribution >= 0.6 is 0 Å². The first-order valence-corrected chi connectivity index (χ1v) is 39.1. The summed E-state index contributed by atoms with van der Waals surface area (Å²) in [5.41, 5.74) is 29.2. The van der Waals surface area contributed by atoms with E-state index in [-0.39, 0.29) is 0 Å². The van der Waals surface area contributed by atoms with Crippen molar-refractivity contribution in [2.75, 3.05) is 50.5 Å². The summed E-state index contributed by atoms with van der Waals surface area (Å²) < 4.78 is 0. The van der Waals surface area contributed by atoms with Crippen LogP contribution in [0.4, 0.5) is 85.3 Å². The third-order valence-corrected chi connectivity index (χ3v) is 21.0. The molecule has 0 amide bonds. The van der Waals surface area contributed by atoms with Crippen LogP contribution in [-0.2, 0) is 0 Å². The summed E-state index contributed by atoms with van der Waals surface area (Å²) in [6.07, 6.45) is 0. The normalized spacial score (nSPS) is 10.7. The number of benzene rings is 18. The Kier molecular flexibility index (Phi) is 23.1. The van der Waals surface area contributed by atoms with E-state index in [0.717, 1.165) is 79.6 Å². The molecule has 0 fully saturated rings. The number of hydrogen-bond acceptors (Lipinski definition) is 6. The van der Waals surface area contributed by atoms with Crippen LogP contribution in [0.25, 0.3) is 66.4 Å². The summed E-state index contributed by atoms with van der Waals surface area (Å²) in [7, 11) is 6.36. The van der Waals surface area contributed by atoms with E-state index in [9.17, 15) is 0 Å². The van der Waals surface area contributed by atoms with Crippen molar-refractivity contribution in [3.8, 4) is 55.6 Å². The third-order valence-electron chi connectivity index (χ3n) is 21.0. The van der Waals surface area contributed by atoms with Gasteiger partial charge < -0.3 is 29.4 Å². The summed E-state index contributed by atoms with van der Waals surface area (Å²) in [5.74, 6) is 0. The zero-order chi connectivity index (χ0) is 77.9. The molecule has 0 N–H and O–H groups in total. The average Bonchev–Trinajstić information content (AvgIpc) is 0.804. The van der Waals surface area contributed by atoms with Crippen molar-refractivity contribution in [3.63, 3.8) is 0 Å². The highest BCUT2D eigenvalue weighted by molar-refractivity contribution is 5.88. The van der Waals surface area contributed by atoms with Crippen molar-refractivity contribution in [1.29, 1.82) is 0 Å². The molecular weight excluding hydrogens is 1390 g/mol. The van der Waals surface area contributed by atoms with Crippen LogP contribution in [0.1, 0.15) is 0 Å². The maximum Gasteiger partial charge on any atom is 0.0463 e. The second-order valence-corrected chi connectivity index (χ2v) is 28.3. The lowest BCUT2D eigenvalue weighted by Gasteiger charge is -2.27. The maximum atomic E-state index is 2.30. The molecule has 0 spiro atoms. The Balaban J connectivity index is 0.000000130. The molecule has 554 valence electrons. The van der Waals surface area contributed by atoms with Gasteiger partial charge in [-0.2, -0.15) is 0 Å². The molecule has 0 saturated heterocycles. The number of anilines is 15. The first-order valence-electron chi connectivity index (χ1n) is 39.1. The standard InChI is InChI=1S/2C37H30N2.C35H28N2/c1-38(37-19-11-16-32(28-37)30-14-7-3-8-15-30)33-24-26-36(27-25-33)39(34-17-9-4-10-18-34)35-22-20-31(21-23-35)29-12-5-2-6-13-29;1-38(33-21-17-31(18-22-33)29-11-5-2-6-12-29)34-25-27-37(28-26-34)39(35-15-9-4-10-16-35)36-23-19-32(20-24-36)30-13-7-3-8-14-30;1-36(35-21-18-28-12-8-9-13-30(28)26-35)31-22-24-34(25-23-31)37(32-14-6-3-7-15-32)33-19-16-29(17-20-33)27-10-4-2-5-11-27/h2*2-28H,1H3;2-26H,1H3. The molecule has 0 heterocycles. The number of para-hydroxylation sites is 3. The Morgan fingerprint density at radius 3 is 0.583 bits per heavy atom. The molecule has 0 saturated carbocycles. The lowest BCUT2D eigenvalue weighted by Crippen LogP contribution is -2.12. The van der Waals surface area contributed by atoms with E-state index in [1.807, 2.05) is 6.07 Å². The summed E-state index contributed by atoms with van der Waals surface area (Å²) >= 11 is 0. The Hall–Kier alpha value is -15.0. The third kappa shape index (κ3) is 17.8. The van der Waals surface area contributed by atoms with Gasteiger partial charge in [-0.3, -0.25) is 0 Å². The van der Waals surface area contributed by atoms with Crippen molar-refractivity contribution >= 4 is 96.1 Å².